The second kappa shape index (κ2) is 5.79. The van der Waals surface area contributed by atoms with Crippen LogP contribution >= 0.6 is 27.3 Å². The van der Waals surface area contributed by atoms with E-state index in [0.717, 1.165) is 8.66 Å². The van der Waals surface area contributed by atoms with Gasteiger partial charge in [-0.25, -0.2) is 4.98 Å². The molecule has 0 radical (unpaired) electrons. The van der Waals surface area contributed by atoms with Crippen molar-refractivity contribution in [1.82, 2.24) is 4.98 Å². The van der Waals surface area contributed by atoms with Crippen molar-refractivity contribution in [3.05, 3.63) is 61.4 Å². The van der Waals surface area contributed by atoms with Gasteiger partial charge < -0.3 is 4.74 Å². The fourth-order valence-electron chi connectivity index (χ4n) is 1.98. The first-order chi connectivity index (χ1) is 10.1. The first-order valence-corrected chi connectivity index (χ1v) is 7.65. The lowest BCUT2D eigenvalue weighted by Crippen LogP contribution is -1.96. The van der Waals surface area contributed by atoms with Crippen LogP contribution in [0.4, 0.5) is 5.69 Å². The maximum atomic E-state index is 11.0. The molecule has 0 amide bonds. The molecule has 7 heteroatoms. The molecule has 0 spiro atoms. The molecule has 0 bridgehead atoms. The number of nitrogens with zero attached hydrogens (tertiary/aromatic N) is 2. The minimum absolute atomic E-state index is 0.0168. The summed E-state index contributed by atoms with van der Waals surface area (Å²) in [5, 5.41) is 11.7. The molecule has 106 valence electrons. The van der Waals surface area contributed by atoms with Crippen molar-refractivity contribution in [2.75, 3.05) is 0 Å². The van der Waals surface area contributed by atoms with Crippen LogP contribution in [0.2, 0.25) is 0 Å². The van der Waals surface area contributed by atoms with E-state index in [0.29, 0.717) is 23.3 Å². The van der Waals surface area contributed by atoms with Gasteiger partial charge in [0, 0.05) is 22.5 Å². The average Bonchev–Trinajstić information content (AvgIpc) is 2.90. The molecule has 3 rings (SSSR count). The number of pyridine rings is 1. The summed E-state index contributed by atoms with van der Waals surface area (Å²) in [6.45, 7) is 0.415. The lowest BCUT2D eigenvalue weighted by Gasteiger charge is -2.08. The third kappa shape index (κ3) is 2.88. The molecule has 2 aromatic heterocycles. The van der Waals surface area contributed by atoms with Crippen LogP contribution in [-0.4, -0.2) is 9.91 Å². The van der Waals surface area contributed by atoms with Crippen LogP contribution in [0, 0.1) is 10.1 Å². The smallest absolute Gasteiger partial charge is 0.295 e. The van der Waals surface area contributed by atoms with Gasteiger partial charge in [-0.1, -0.05) is 0 Å². The zero-order valence-corrected chi connectivity index (χ0v) is 13.1. The highest BCUT2D eigenvalue weighted by Crippen LogP contribution is 2.32. The number of aromatic nitrogens is 1. The Morgan fingerprint density at radius 3 is 2.86 bits per heavy atom. The normalized spacial score (nSPS) is 10.7. The zero-order valence-electron chi connectivity index (χ0n) is 10.7. The maximum absolute atomic E-state index is 11.0. The number of hydrogen-bond donors (Lipinski definition) is 0. The maximum Gasteiger partial charge on any atom is 0.295 e. The van der Waals surface area contributed by atoms with Crippen molar-refractivity contribution in [2.24, 2.45) is 0 Å². The van der Waals surface area contributed by atoms with E-state index in [1.54, 1.807) is 29.5 Å². The predicted octanol–water partition coefficient (Wildman–Crippen LogP) is 4.55. The highest BCUT2D eigenvalue weighted by atomic mass is 79.9. The van der Waals surface area contributed by atoms with Crippen LogP contribution in [0.3, 0.4) is 0 Å². The molecule has 0 unspecified atom stereocenters. The molecule has 0 atom stereocenters. The van der Waals surface area contributed by atoms with E-state index >= 15 is 0 Å². The SMILES string of the molecule is O=[N+]([O-])c1ccc(OCc2ccc(Br)s2)c2cccnc12. The first-order valence-electron chi connectivity index (χ1n) is 6.04. The zero-order chi connectivity index (χ0) is 14.8. The number of nitro groups is 1. The van der Waals surface area contributed by atoms with Gasteiger partial charge in [0.25, 0.3) is 5.69 Å². The lowest BCUT2D eigenvalue weighted by atomic mass is 10.1. The molecular weight excluding hydrogens is 356 g/mol. The van der Waals surface area contributed by atoms with E-state index in [4.69, 9.17) is 4.74 Å². The van der Waals surface area contributed by atoms with Gasteiger partial charge in [-0.3, -0.25) is 10.1 Å². The molecule has 5 nitrogen and oxygen atoms in total. The Labute approximate surface area is 132 Å². The largest absolute Gasteiger partial charge is 0.487 e. The van der Waals surface area contributed by atoms with Gasteiger partial charge in [-0.2, -0.15) is 0 Å². The minimum atomic E-state index is -0.435. The fraction of sp³-hybridized carbons (Fsp3) is 0.0714. The predicted molar refractivity (Wildman–Crippen MR) is 84.7 cm³/mol. The van der Waals surface area contributed by atoms with Crippen LogP contribution in [0.5, 0.6) is 5.75 Å². The minimum Gasteiger partial charge on any atom is -0.487 e. The molecular formula is C14H9BrN2O3S. The van der Waals surface area contributed by atoms with E-state index in [9.17, 15) is 10.1 Å². The van der Waals surface area contributed by atoms with Gasteiger partial charge in [0.15, 0.2) is 5.52 Å². The van der Waals surface area contributed by atoms with Crippen molar-refractivity contribution in [2.45, 2.75) is 6.61 Å². The molecule has 2 heterocycles. The summed E-state index contributed by atoms with van der Waals surface area (Å²) in [6, 6.07) is 10.5. The van der Waals surface area contributed by atoms with Crippen LogP contribution in [0.25, 0.3) is 10.9 Å². The van der Waals surface area contributed by atoms with E-state index < -0.39 is 4.92 Å². The van der Waals surface area contributed by atoms with Gasteiger partial charge >= 0.3 is 0 Å². The Hall–Kier alpha value is -1.99. The van der Waals surface area contributed by atoms with Gasteiger partial charge in [-0.05, 0) is 46.3 Å². The molecule has 1 aromatic carbocycles. The number of rotatable bonds is 4. The summed E-state index contributed by atoms with van der Waals surface area (Å²) < 4.78 is 6.82. The summed E-state index contributed by atoms with van der Waals surface area (Å²) in [6.07, 6.45) is 1.54. The molecule has 21 heavy (non-hydrogen) atoms. The summed E-state index contributed by atoms with van der Waals surface area (Å²) in [5.41, 5.74) is 0.323. The standard InChI is InChI=1S/C14H9BrN2O3S/c15-13-6-3-9(21-13)8-20-12-5-4-11(17(18)19)14-10(12)2-1-7-16-14/h1-7H,8H2. The van der Waals surface area contributed by atoms with E-state index in [1.165, 1.54) is 12.3 Å². The molecule has 0 saturated heterocycles. The van der Waals surface area contributed by atoms with Gasteiger partial charge in [-0.15, -0.1) is 11.3 Å². The number of halogens is 1. The number of non-ortho nitro benzene ring substituents is 1. The van der Waals surface area contributed by atoms with Crippen molar-refractivity contribution in [3.8, 4) is 5.75 Å². The average molecular weight is 365 g/mol. The third-order valence-corrected chi connectivity index (χ3v) is 4.50. The summed E-state index contributed by atoms with van der Waals surface area (Å²) in [5.74, 6) is 0.591. The van der Waals surface area contributed by atoms with Crippen LogP contribution < -0.4 is 4.74 Å². The molecule has 0 aliphatic carbocycles. The van der Waals surface area contributed by atoms with Crippen molar-refractivity contribution >= 4 is 43.9 Å². The highest BCUT2D eigenvalue weighted by molar-refractivity contribution is 9.11. The number of ether oxygens (including phenoxy) is 1. The van der Waals surface area contributed by atoms with Crippen LogP contribution in [0.15, 0.2) is 46.4 Å². The Kier molecular flexibility index (Phi) is 3.85. The molecule has 0 fully saturated rings. The Morgan fingerprint density at radius 2 is 2.14 bits per heavy atom. The lowest BCUT2D eigenvalue weighted by molar-refractivity contribution is -0.383. The molecule has 0 aliphatic rings. The van der Waals surface area contributed by atoms with Gasteiger partial charge in [0.2, 0.25) is 0 Å². The van der Waals surface area contributed by atoms with Crippen molar-refractivity contribution in [1.29, 1.82) is 0 Å². The molecule has 0 N–H and O–H groups in total. The van der Waals surface area contributed by atoms with E-state index in [-0.39, 0.29) is 5.69 Å². The quantitative estimate of drug-likeness (QED) is 0.503. The summed E-state index contributed by atoms with van der Waals surface area (Å²) in [7, 11) is 0. The fourth-order valence-corrected chi connectivity index (χ4v) is 3.38. The molecule has 0 aliphatic heterocycles. The van der Waals surface area contributed by atoms with Gasteiger partial charge in [0.05, 0.1) is 8.71 Å². The molecule has 0 saturated carbocycles. The number of nitro benzene ring substituents is 1. The van der Waals surface area contributed by atoms with Crippen molar-refractivity contribution in [3.63, 3.8) is 0 Å². The highest BCUT2D eigenvalue weighted by Gasteiger charge is 2.16. The number of thiophene rings is 1. The number of fused-ring (bicyclic) bond motifs is 1. The topological polar surface area (TPSA) is 65.3 Å². The monoisotopic (exact) mass is 364 g/mol. The van der Waals surface area contributed by atoms with E-state index in [1.807, 2.05) is 12.1 Å². The summed E-state index contributed by atoms with van der Waals surface area (Å²) >= 11 is 4.99. The number of benzene rings is 1. The Bertz CT molecular complexity index is 819. The van der Waals surface area contributed by atoms with Crippen LogP contribution in [0.1, 0.15) is 4.88 Å². The third-order valence-electron chi connectivity index (χ3n) is 2.90. The Balaban J connectivity index is 1.96. The molecule has 3 aromatic rings. The number of hydrogen-bond acceptors (Lipinski definition) is 5. The second-order valence-corrected chi connectivity index (χ2v) is 6.78. The van der Waals surface area contributed by atoms with Crippen LogP contribution in [-0.2, 0) is 6.61 Å². The van der Waals surface area contributed by atoms with Crippen molar-refractivity contribution < 1.29 is 9.66 Å². The van der Waals surface area contributed by atoms with Gasteiger partial charge in [0.1, 0.15) is 12.4 Å². The Morgan fingerprint density at radius 1 is 1.29 bits per heavy atom. The van der Waals surface area contributed by atoms with E-state index in [2.05, 4.69) is 20.9 Å². The summed E-state index contributed by atoms with van der Waals surface area (Å²) in [4.78, 5) is 15.8. The first kappa shape index (κ1) is 14.0. The second-order valence-electron chi connectivity index (χ2n) is 4.23.